The van der Waals surface area contributed by atoms with Gasteiger partial charge in [0.2, 0.25) is 0 Å². The fourth-order valence-electron chi connectivity index (χ4n) is 4.48. The number of aromatic amines is 1. The van der Waals surface area contributed by atoms with Crippen LogP contribution in [0.25, 0.3) is 11.1 Å². The van der Waals surface area contributed by atoms with Crippen LogP contribution in [0.15, 0.2) is 58.6 Å². The molecular formula is C21H19N5O3. The van der Waals surface area contributed by atoms with E-state index >= 15 is 0 Å². The molecule has 0 unspecified atom stereocenters. The van der Waals surface area contributed by atoms with Crippen LogP contribution in [0.3, 0.4) is 0 Å². The van der Waals surface area contributed by atoms with Gasteiger partial charge in [-0.15, -0.1) is 0 Å². The number of carbonyl (C=O) groups excluding carboxylic acids is 1. The minimum Gasteiger partial charge on any atom is -0.336 e. The third kappa shape index (κ3) is 3.06. The molecule has 29 heavy (non-hydrogen) atoms. The first-order chi connectivity index (χ1) is 14.1. The predicted octanol–water partition coefficient (Wildman–Crippen LogP) is 1.25. The number of hydrogen-bond donors (Lipinski definition) is 1. The quantitative estimate of drug-likeness (QED) is 0.711. The van der Waals surface area contributed by atoms with Gasteiger partial charge in [0.25, 0.3) is 17.0 Å². The number of fused-ring (bicyclic) bond motifs is 4. The number of amides is 1. The van der Waals surface area contributed by atoms with Gasteiger partial charge in [-0.1, -0.05) is 6.07 Å². The number of H-pyrrole nitrogens is 1. The molecule has 0 radical (unpaired) electrons. The molecular weight excluding hydrogens is 370 g/mol. The molecule has 0 aromatic carbocycles. The van der Waals surface area contributed by atoms with Crippen molar-refractivity contribution in [1.82, 2.24) is 24.4 Å². The van der Waals surface area contributed by atoms with E-state index in [0.717, 1.165) is 23.2 Å². The Bertz CT molecular complexity index is 1200. The van der Waals surface area contributed by atoms with Gasteiger partial charge >= 0.3 is 0 Å². The zero-order valence-corrected chi connectivity index (χ0v) is 15.6. The maximum absolute atomic E-state index is 12.9. The highest BCUT2D eigenvalue weighted by Crippen LogP contribution is 2.36. The largest absolute Gasteiger partial charge is 0.336 e. The van der Waals surface area contributed by atoms with Crippen molar-refractivity contribution in [2.24, 2.45) is 5.92 Å². The van der Waals surface area contributed by atoms with Gasteiger partial charge in [0.15, 0.2) is 5.69 Å². The molecule has 0 spiro atoms. The van der Waals surface area contributed by atoms with Gasteiger partial charge in [-0.25, -0.2) is 4.98 Å². The van der Waals surface area contributed by atoms with Gasteiger partial charge in [0.05, 0.1) is 0 Å². The summed E-state index contributed by atoms with van der Waals surface area (Å²) >= 11 is 0. The summed E-state index contributed by atoms with van der Waals surface area (Å²) in [5.74, 6) is -0.144. The van der Waals surface area contributed by atoms with Gasteiger partial charge in [-0.2, -0.15) is 0 Å². The van der Waals surface area contributed by atoms with Gasteiger partial charge in [-0.05, 0) is 30.0 Å². The van der Waals surface area contributed by atoms with Crippen molar-refractivity contribution in [3.63, 3.8) is 0 Å². The number of carbonyl (C=O) groups is 1. The first kappa shape index (κ1) is 17.5. The molecule has 0 saturated carbocycles. The lowest BCUT2D eigenvalue weighted by Crippen LogP contribution is -2.50. The Kier molecular flexibility index (Phi) is 4.12. The van der Waals surface area contributed by atoms with E-state index in [1.165, 1.54) is 12.4 Å². The van der Waals surface area contributed by atoms with Crippen molar-refractivity contribution in [2.45, 2.75) is 18.9 Å². The molecule has 3 aromatic heterocycles. The fourth-order valence-corrected chi connectivity index (χ4v) is 4.48. The Morgan fingerprint density at radius 2 is 2.00 bits per heavy atom. The first-order valence-electron chi connectivity index (χ1n) is 9.58. The number of aromatic nitrogens is 4. The minimum absolute atomic E-state index is 0.0306. The number of rotatable bonds is 2. The highest BCUT2D eigenvalue weighted by Gasteiger charge is 2.37. The van der Waals surface area contributed by atoms with Crippen molar-refractivity contribution in [2.75, 3.05) is 13.1 Å². The summed E-state index contributed by atoms with van der Waals surface area (Å²) in [5.41, 5.74) is 2.05. The van der Waals surface area contributed by atoms with E-state index in [4.69, 9.17) is 0 Å². The van der Waals surface area contributed by atoms with Crippen molar-refractivity contribution in [3.05, 3.63) is 81.1 Å². The molecule has 5 rings (SSSR count). The van der Waals surface area contributed by atoms with Crippen molar-refractivity contribution in [3.8, 4) is 11.1 Å². The number of nitrogens with zero attached hydrogens (tertiary/aromatic N) is 4. The highest BCUT2D eigenvalue weighted by atomic mass is 16.2. The van der Waals surface area contributed by atoms with Crippen LogP contribution < -0.4 is 11.1 Å². The van der Waals surface area contributed by atoms with Gasteiger partial charge in [-0.3, -0.25) is 19.4 Å². The Morgan fingerprint density at radius 1 is 1.10 bits per heavy atom. The summed E-state index contributed by atoms with van der Waals surface area (Å²) in [7, 11) is 0. The smallest absolute Gasteiger partial charge is 0.279 e. The summed E-state index contributed by atoms with van der Waals surface area (Å²) in [6, 6.07) is 7.45. The van der Waals surface area contributed by atoms with E-state index in [1.807, 2.05) is 22.8 Å². The monoisotopic (exact) mass is 389 g/mol. The lowest BCUT2D eigenvalue weighted by molar-refractivity contribution is 0.0587. The van der Waals surface area contributed by atoms with Crippen molar-refractivity contribution < 1.29 is 4.79 Å². The molecule has 1 fully saturated rings. The van der Waals surface area contributed by atoms with E-state index in [2.05, 4.69) is 15.0 Å². The normalized spacial score (nSPS) is 20.2. The standard InChI is InChI=1S/C21H19N5O3/c27-18-8-15(14-2-1-3-22-9-14)7-17-16-6-13(11-26(17)18)10-25(12-16)21(29)19-20(28)24-5-4-23-19/h1-5,7-9,13,16H,6,10-12H2,(H,24,28)/t13-,16+/m0/s1. The predicted molar refractivity (Wildman–Crippen MR) is 106 cm³/mol. The summed E-state index contributed by atoms with van der Waals surface area (Å²) < 4.78 is 1.83. The van der Waals surface area contributed by atoms with Crippen LogP contribution in [-0.2, 0) is 6.54 Å². The van der Waals surface area contributed by atoms with E-state index in [-0.39, 0.29) is 29.0 Å². The molecule has 8 nitrogen and oxygen atoms in total. The minimum atomic E-state index is -0.483. The number of hydrogen-bond acceptors (Lipinski definition) is 5. The van der Waals surface area contributed by atoms with Crippen molar-refractivity contribution in [1.29, 1.82) is 0 Å². The van der Waals surface area contributed by atoms with Crippen LogP contribution in [0.4, 0.5) is 0 Å². The summed E-state index contributed by atoms with van der Waals surface area (Å²) in [4.78, 5) is 49.9. The van der Waals surface area contributed by atoms with Crippen LogP contribution >= 0.6 is 0 Å². The van der Waals surface area contributed by atoms with Gasteiger partial charge in [0.1, 0.15) is 0 Å². The maximum atomic E-state index is 12.9. The SMILES string of the molecule is O=C(c1ncc[nH]c1=O)N1C[C@@H]2C[C@H](C1)c1cc(-c3cccnc3)cc(=O)n1C2. The van der Waals surface area contributed by atoms with Crippen LogP contribution in [-0.4, -0.2) is 43.4 Å². The Balaban J connectivity index is 1.51. The number of piperidine rings is 1. The second-order valence-electron chi connectivity index (χ2n) is 7.64. The molecule has 5 heterocycles. The maximum Gasteiger partial charge on any atom is 0.279 e. The second kappa shape index (κ2) is 6.80. The van der Waals surface area contributed by atoms with Crippen LogP contribution in [0.2, 0.25) is 0 Å². The van der Waals surface area contributed by atoms with E-state index in [1.54, 1.807) is 23.4 Å². The van der Waals surface area contributed by atoms with Crippen LogP contribution in [0, 0.1) is 5.92 Å². The zero-order valence-electron chi connectivity index (χ0n) is 15.6. The zero-order chi connectivity index (χ0) is 20.0. The van der Waals surface area contributed by atoms with Gasteiger partial charge < -0.3 is 14.5 Å². The number of nitrogens with one attached hydrogen (secondary N) is 1. The molecule has 2 aliphatic heterocycles. The lowest BCUT2D eigenvalue weighted by Gasteiger charge is -2.42. The molecule has 2 atom stereocenters. The molecule has 1 N–H and O–H groups in total. The van der Waals surface area contributed by atoms with E-state index in [9.17, 15) is 14.4 Å². The molecule has 3 aromatic rings. The topological polar surface area (TPSA) is 101 Å². The summed E-state index contributed by atoms with van der Waals surface area (Å²) in [6.07, 6.45) is 7.17. The number of pyridine rings is 2. The van der Waals surface area contributed by atoms with Crippen LogP contribution in [0.1, 0.15) is 28.5 Å². The van der Waals surface area contributed by atoms with E-state index in [0.29, 0.717) is 19.6 Å². The Hall–Kier alpha value is -3.55. The average Bonchev–Trinajstić information content (AvgIpc) is 2.75. The Morgan fingerprint density at radius 3 is 2.79 bits per heavy atom. The number of likely N-dealkylation sites (tertiary alicyclic amines) is 1. The third-order valence-corrected chi connectivity index (χ3v) is 5.75. The molecule has 2 aliphatic rings. The third-order valence-electron chi connectivity index (χ3n) is 5.75. The van der Waals surface area contributed by atoms with Crippen molar-refractivity contribution >= 4 is 5.91 Å². The average molecular weight is 389 g/mol. The highest BCUT2D eigenvalue weighted by molar-refractivity contribution is 5.92. The first-order valence-corrected chi connectivity index (χ1v) is 9.58. The molecule has 0 aliphatic carbocycles. The second-order valence-corrected chi connectivity index (χ2v) is 7.64. The molecule has 146 valence electrons. The molecule has 8 heteroatoms. The molecule has 1 saturated heterocycles. The summed E-state index contributed by atoms with van der Waals surface area (Å²) in [5, 5.41) is 0. The fraction of sp³-hybridized carbons (Fsp3) is 0.286. The van der Waals surface area contributed by atoms with E-state index < -0.39 is 5.56 Å². The van der Waals surface area contributed by atoms with Crippen LogP contribution in [0.5, 0.6) is 0 Å². The molecule has 1 amide bonds. The lowest BCUT2D eigenvalue weighted by atomic mass is 9.82. The Labute approximate surface area is 165 Å². The molecule has 2 bridgehead atoms. The summed E-state index contributed by atoms with van der Waals surface area (Å²) in [6.45, 7) is 1.54. The van der Waals surface area contributed by atoms with Gasteiger partial charge in [0, 0.05) is 67.7 Å².